The molecule has 0 bridgehead atoms. The Morgan fingerprint density at radius 2 is 1.02 bits per heavy atom. The molecule has 0 spiro atoms. The SMILES string of the molecule is C=C(CCCCCCCN(CC)CCCCCCCC(=O)OCCCCCCCCC)CCc1ccc(CCCCCC)c(CCCCCC)c1. The number of ether oxygens (including phenoxy) is 1. The number of unbranched alkanes of at least 4 members (excludes halogenated alkanes) is 20. The minimum absolute atomic E-state index is 0.00877. The monoisotopic (exact) mass is 710 g/mol. The van der Waals surface area contributed by atoms with E-state index in [4.69, 9.17) is 4.74 Å². The first-order valence-corrected chi connectivity index (χ1v) is 22.7. The number of aryl methyl sites for hydroxylation is 3. The maximum Gasteiger partial charge on any atom is 0.305 e. The highest BCUT2D eigenvalue weighted by molar-refractivity contribution is 5.69. The quantitative estimate of drug-likeness (QED) is 0.0389. The van der Waals surface area contributed by atoms with Crippen molar-refractivity contribution in [1.29, 1.82) is 0 Å². The molecule has 3 heteroatoms. The minimum Gasteiger partial charge on any atom is -0.466 e. The molecule has 1 rings (SSSR count). The molecule has 0 aliphatic rings. The van der Waals surface area contributed by atoms with Crippen LogP contribution in [0.1, 0.15) is 224 Å². The first-order valence-electron chi connectivity index (χ1n) is 22.7. The van der Waals surface area contributed by atoms with E-state index in [2.05, 4.69) is 57.4 Å². The predicted octanol–water partition coefficient (Wildman–Crippen LogP) is 14.7. The van der Waals surface area contributed by atoms with Gasteiger partial charge in [-0.25, -0.2) is 0 Å². The zero-order valence-corrected chi connectivity index (χ0v) is 35.0. The van der Waals surface area contributed by atoms with Crippen molar-refractivity contribution < 1.29 is 9.53 Å². The van der Waals surface area contributed by atoms with Crippen molar-refractivity contribution in [1.82, 2.24) is 4.90 Å². The van der Waals surface area contributed by atoms with Crippen LogP contribution in [0.4, 0.5) is 0 Å². The number of hydrogen-bond donors (Lipinski definition) is 0. The van der Waals surface area contributed by atoms with Gasteiger partial charge in [0.25, 0.3) is 0 Å². The lowest BCUT2D eigenvalue weighted by Gasteiger charge is -2.20. The molecule has 0 aliphatic heterocycles. The highest BCUT2D eigenvalue weighted by Crippen LogP contribution is 2.22. The molecule has 0 saturated carbocycles. The Balaban J connectivity index is 2.08. The van der Waals surface area contributed by atoms with Crippen LogP contribution in [-0.2, 0) is 28.8 Å². The molecule has 51 heavy (non-hydrogen) atoms. The Bertz CT molecular complexity index is 939. The number of allylic oxidation sites excluding steroid dienone is 1. The van der Waals surface area contributed by atoms with Gasteiger partial charge in [-0.2, -0.15) is 0 Å². The Morgan fingerprint density at radius 1 is 0.529 bits per heavy atom. The van der Waals surface area contributed by atoms with E-state index < -0.39 is 0 Å². The molecule has 0 aromatic heterocycles. The Labute approximate surface area is 319 Å². The van der Waals surface area contributed by atoms with Gasteiger partial charge in [-0.1, -0.05) is 174 Å². The second-order valence-corrected chi connectivity index (χ2v) is 15.8. The minimum atomic E-state index is 0.00877. The second kappa shape index (κ2) is 35.4. The maximum atomic E-state index is 12.0. The van der Waals surface area contributed by atoms with Crippen molar-refractivity contribution in [2.45, 2.75) is 227 Å². The van der Waals surface area contributed by atoms with Gasteiger partial charge in [0.2, 0.25) is 0 Å². The third-order valence-corrected chi connectivity index (χ3v) is 11.0. The summed E-state index contributed by atoms with van der Waals surface area (Å²) in [6.45, 7) is 17.9. The zero-order chi connectivity index (χ0) is 37.0. The molecule has 0 amide bonds. The summed E-state index contributed by atoms with van der Waals surface area (Å²) in [5, 5.41) is 0. The first kappa shape index (κ1) is 47.4. The van der Waals surface area contributed by atoms with Crippen molar-refractivity contribution in [3.05, 3.63) is 47.0 Å². The van der Waals surface area contributed by atoms with Crippen LogP contribution < -0.4 is 0 Å². The Morgan fingerprint density at radius 3 is 1.61 bits per heavy atom. The fourth-order valence-corrected chi connectivity index (χ4v) is 7.36. The van der Waals surface area contributed by atoms with E-state index >= 15 is 0 Å². The normalized spacial score (nSPS) is 11.5. The molecule has 0 heterocycles. The lowest BCUT2D eigenvalue weighted by Crippen LogP contribution is -2.25. The fourth-order valence-electron chi connectivity index (χ4n) is 7.36. The molecular weight excluding hydrogens is 623 g/mol. The highest BCUT2D eigenvalue weighted by atomic mass is 16.5. The van der Waals surface area contributed by atoms with Gasteiger partial charge in [0.1, 0.15) is 0 Å². The molecule has 1 aromatic rings. The van der Waals surface area contributed by atoms with Gasteiger partial charge in [0, 0.05) is 6.42 Å². The molecule has 0 aliphatic carbocycles. The predicted molar refractivity (Wildman–Crippen MR) is 226 cm³/mol. The average Bonchev–Trinajstić information content (AvgIpc) is 3.14. The molecule has 0 fully saturated rings. The number of carbonyl (C=O) groups excluding carboxylic acids is 1. The number of nitrogens with zero attached hydrogens (tertiary/aromatic N) is 1. The lowest BCUT2D eigenvalue weighted by atomic mass is 9.93. The molecular formula is C48H87NO2. The summed E-state index contributed by atoms with van der Waals surface area (Å²) in [5.41, 5.74) is 6.21. The summed E-state index contributed by atoms with van der Waals surface area (Å²) in [4.78, 5) is 14.6. The van der Waals surface area contributed by atoms with Gasteiger partial charge in [-0.3, -0.25) is 4.79 Å². The van der Waals surface area contributed by atoms with Crippen LogP contribution in [0.15, 0.2) is 30.4 Å². The number of hydrogen-bond acceptors (Lipinski definition) is 3. The van der Waals surface area contributed by atoms with Gasteiger partial charge < -0.3 is 9.64 Å². The molecule has 0 atom stereocenters. The average molecular weight is 710 g/mol. The summed E-state index contributed by atoms with van der Waals surface area (Å²) < 4.78 is 5.43. The van der Waals surface area contributed by atoms with Crippen LogP contribution in [0.25, 0.3) is 0 Å². The molecule has 3 nitrogen and oxygen atoms in total. The smallest absolute Gasteiger partial charge is 0.305 e. The molecule has 296 valence electrons. The summed E-state index contributed by atoms with van der Waals surface area (Å²) in [5.74, 6) is 0.00877. The van der Waals surface area contributed by atoms with E-state index in [0.717, 1.165) is 38.6 Å². The van der Waals surface area contributed by atoms with Crippen LogP contribution in [0, 0.1) is 0 Å². The Kier molecular flexibility index (Phi) is 32.9. The molecule has 0 saturated heterocycles. The van der Waals surface area contributed by atoms with E-state index in [0.29, 0.717) is 13.0 Å². The van der Waals surface area contributed by atoms with E-state index in [1.54, 1.807) is 11.1 Å². The highest BCUT2D eigenvalue weighted by Gasteiger charge is 2.08. The van der Waals surface area contributed by atoms with Crippen molar-refractivity contribution in [2.24, 2.45) is 0 Å². The van der Waals surface area contributed by atoms with Crippen molar-refractivity contribution in [3.63, 3.8) is 0 Å². The van der Waals surface area contributed by atoms with E-state index in [1.165, 1.54) is 185 Å². The fraction of sp³-hybridized carbons (Fsp3) is 0.812. The summed E-state index contributed by atoms with van der Waals surface area (Å²) >= 11 is 0. The number of esters is 1. The lowest BCUT2D eigenvalue weighted by molar-refractivity contribution is -0.143. The van der Waals surface area contributed by atoms with Crippen LogP contribution in [-0.4, -0.2) is 37.1 Å². The van der Waals surface area contributed by atoms with Crippen LogP contribution in [0.2, 0.25) is 0 Å². The summed E-state index contributed by atoms with van der Waals surface area (Å²) in [7, 11) is 0. The zero-order valence-electron chi connectivity index (χ0n) is 35.0. The number of rotatable bonds is 38. The number of benzene rings is 1. The van der Waals surface area contributed by atoms with Crippen molar-refractivity contribution in [3.8, 4) is 0 Å². The molecule has 1 aromatic carbocycles. The van der Waals surface area contributed by atoms with Crippen molar-refractivity contribution in [2.75, 3.05) is 26.2 Å². The Hall–Kier alpha value is -1.61. The molecule has 0 unspecified atom stereocenters. The van der Waals surface area contributed by atoms with E-state index in [1.807, 2.05) is 0 Å². The first-order chi connectivity index (χ1) is 25.0. The van der Waals surface area contributed by atoms with Gasteiger partial charge in [-0.15, -0.1) is 0 Å². The largest absolute Gasteiger partial charge is 0.466 e. The molecule has 0 N–H and O–H groups in total. The van der Waals surface area contributed by atoms with Crippen molar-refractivity contribution >= 4 is 5.97 Å². The van der Waals surface area contributed by atoms with E-state index in [-0.39, 0.29) is 5.97 Å². The third kappa shape index (κ3) is 28.6. The maximum absolute atomic E-state index is 12.0. The second-order valence-electron chi connectivity index (χ2n) is 15.8. The van der Waals surface area contributed by atoms with E-state index in [9.17, 15) is 4.79 Å². The van der Waals surface area contributed by atoms with Gasteiger partial charge in [0.15, 0.2) is 0 Å². The van der Waals surface area contributed by atoms with Crippen LogP contribution in [0.5, 0.6) is 0 Å². The van der Waals surface area contributed by atoms with Gasteiger partial charge in [-0.05, 0) is 113 Å². The third-order valence-electron chi connectivity index (χ3n) is 11.0. The van der Waals surface area contributed by atoms with Crippen LogP contribution >= 0.6 is 0 Å². The van der Waals surface area contributed by atoms with Crippen LogP contribution in [0.3, 0.4) is 0 Å². The molecule has 0 radical (unpaired) electrons. The van der Waals surface area contributed by atoms with Gasteiger partial charge in [0.05, 0.1) is 6.61 Å². The topological polar surface area (TPSA) is 29.5 Å². The summed E-state index contributed by atoms with van der Waals surface area (Å²) in [6.07, 6.45) is 38.8. The van der Waals surface area contributed by atoms with Gasteiger partial charge >= 0.3 is 5.97 Å². The number of carbonyl (C=O) groups is 1. The summed E-state index contributed by atoms with van der Waals surface area (Å²) in [6, 6.07) is 7.42. The standard InChI is InChI=1S/C48H87NO2/c1-6-10-13-16-17-24-31-42-51-48(50)35-28-21-19-23-30-41-49(9-4)40-29-22-18-20-25-32-44(5)36-37-45-38-39-46(33-26-14-11-7-2)47(43-45)34-27-15-12-8-3/h38-39,43H,5-37,40-42H2,1-4H3.